The molecule has 0 radical (unpaired) electrons. The molecule has 2 rings (SSSR count). The molecule has 1 N–H and O–H groups in total. The van der Waals surface area contributed by atoms with Crippen molar-refractivity contribution in [3.8, 4) is 0 Å². The van der Waals surface area contributed by atoms with Crippen LogP contribution in [0.5, 0.6) is 0 Å². The van der Waals surface area contributed by atoms with Gasteiger partial charge in [0.2, 0.25) is 0 Å². The molecule has 1 saturated carbocycles. The van der Waals surface area contributed by atoms with E-state index in [-0.39, 0.29) is 5.56 Å². The quantitative estimate of drug-likeness (QED) is 0.840. The van der Waals surface area contributed by atoms with Crippen molar-refractivity contribution in [3.63, 3.8) is 0 Å². The van der Waals surface area contributed by atoms with Crippen molar-refractivity contribution in [2.75, 3.05) is 0 Å². The van der Waals surface area contributed by atoms with Gasteiger partial charge in [-0.1, -0.05) is 31.5 Å². The second-order valence-electron chi connectivity index (χ2n) is 5.43. The zero-order chi connectivity index (χ0) is 14.1. The summed E-state index contributed by atoms with van der Waals surface area (Å²) in [5.41, 5.74) is -1.98. The highest BCUT2D eigenvalue weighted by Gasteiger charge is 2.42. The van der Waals surface area contributed by atoms with E-state index in [9.17, 15) is 18.3 Å². The van der Waals surface area contributed by atoms with Crippen LogP contribution in [0.25, 0.3) is 0 Å². The molecule has 0 spiro atoms. The van der Waals surface area contributed by atoms with Crippen molar-refractivity contribution in [2.45, 2.75) is 50.8 Å². The first-order chi connectivity index (χ1) is 8.87. The summed E-state index contributed by atoms with van der Waals surface area (Å²) < 4.78 is 39.0. The molecule has 1 aromatic rings. The largest absolute Gasteiger partial charge is 0.416 e. The highest BCUT2D eigenvalue weighted by atomic mass is 19.4. The molecule has 0 aromatic heterocycles. The second kappa shape index (κ2) is 5.16. The topological polar surface area (TPSA) is 20.2 Å². The Morgan fingerprint density at radius 2 is 1.79 bits per heavy atom. The van der Waals surface area contributed by atoms with Crippen LogP contribution in [-0.2, 0) is 11.8 Å². The van der Waals surface area contributed by atoms with Crippen LogP contribution in [-0.4, -0.2) is 5.11 Å². The summed E-state index contributed by atoms with van der Waals surface area (Å²) in [7, 11) is 0. The fourth-order valence-corrected chi connectivity index (χ4v) is 2.97. The van der Waals surface area contributed by atoms with E-state index in [1.165, 1.54) is 12.1 Å². The average molecular weight is 272 g/mol. The molecule has 1 aliphatic carbocycles. The van der Waals surface area contributed by atoms with Gasteiger partial charge in [-0.3, -0.25) is 0 Å². The lowest BCUT2D eigenvalue weighted by Gasteiger charge is -2.37. The third-order valence-corrected chi connectivity index (χ3v) is 4.24. The number of halogens is 3. The Hall–Kier alpha value is -1.03. The minimum atomic E-state index is -4.41. The Kier molecular flexibility index (Phi) is 3.90. The van der Waals surface area contributed by atoms with Gasteiger partial charge in [0.05, 0.1) is 11.2 Å². The summed E-state index contributed by atoms with van der Waals surface area (Å²) >= 11 is 0. The van der Waals surface area contributed by atoms with Gasteiger partial charge < -0.3 is 5.11 Å². The molecule has 0 bridgehead atoms. The first-order valence-corrected chi connectivity index (χ1v) is 6.76. The van der Waals surface area contributed by atoms with Gasteiger partial charge in [0.15, 0.2) is 0 Å². The maximum atomic E-state index is 13.0. The Balaban J connectivity index is 2.32. The number of hydrogen-bond donors (Lipinski definition) is 1. The van der Waals surface area contributed by atoms with Crippen molar-refractivity contribution in [3.05, 3.63) is 35.4 Å². The van der Waals surface area contributed by atoms with Gasteiger partial charge >= 0.3 is 6.18 Å². The third-order valence-electron chi connectivity index (χ3n) is 4.24. The standard InChI is InChI=1S/C15H19F3O/c1-2-11-7-9-14(19,10-8-11)12-5-3-4-6-13(12)15(16,17)18/h3-6,11,19H,2,7-10H2,1H3. The van der Waals surface area contributed by atoms with E-state index in [0.29, 0.717) is 18.8 Å². The Morgan fingerprint density at radius 3 is 2.32 bits per heavy atom. The lowest BCUT2D eigenvalue weighted by Crippen LogP contribution is -2.33. The van der Waals surface area contributed by atoms with Crippen molar-refractivity contribution >= 4 is 0 Å². The zero-order valence-corrected chi connectivity index (χ0v) is 11.0. The fourth-order valence-electron chi connectivity index (χ4n) is 2.97. The monoisotopic (exact) mass is 272 g/mol. The predicted octanol–water partition coefficient (Wildman–Crippen LogP) is 4.49. The summed E-state index contributed by atoms with van der Waals surface area (Å²) in [6, 6.07) is 5.40. The molecule has 106 valence electrons. The highest BCUT2D eigenvalue weighted by molar-refractivity contribution is 5.34. The van der Waals surface area contributed by atoms with Gasteiger partial charge in [-0.25, -0.2) is 0 Å². The van der Waals surface area contributed by atoms with Crippen LogP contribution in [0.3, 0.4) is 0 Å². The molecule has 0 unspecified atom stereocenters. The summed E-state index contributed by atoms with van der Waals surface area (Å²) in [5, 5.41) is 10.6. The van der Waals surface area contributed by atoms with Gasteiger partial charge in [-0.15, -0.1) is 0 Å². The summed E-state index contributed by atoms with van der Waals surface area (Å²) in [6.07, 6.45) is -0.972. The molecule has 1 aliphatic rings. The number of hydrogen-bond acceptors (Lipinski definition) is 1. The normalized spacial score (nSPS) is 28.4. The van der Waals surface area contributed by atoms with E-state index in [4.69, 9.17) is 0 Å². The van der Waals surface area contributed by atoms with Crippen LogP contribution >= 0.6 is 0 Å². The maximum absolute atomic E-state index is 13.0. The Morgan fingerprint density at radius 1 is 1.21 bits per heavy atom. The first kappa shape index (κ1) is 14.4. The van der Waals surface area contributed by atoms with Crippen molar-refractivity contribution in [1.29, 1.82) is 0 Å². The Labute approximate surface area is 111 Å². The van der Waals surface area contributed by atoms with Crippen LogP contribution in [0.15, 0.2) is 24.3 Å². The molecule has 0 saturated heterocycles. The molecule has 0 atom stereocenters. The lowest BCUT2D eigenvalue weighted by atomic mass is 9.73. The second-order valence-corrected chi connectivity index (χ2v) is 5.43. The predicted molar refractivity (Wildman–Crippen MR) is 67.6 cm³/mol. The molecule has 4 heteroatoms. The van der Waals surface area contributed by atoms with Gasteiger partial charge in [-0.05, 0) is 43.2 Å². The number of alkyl halides is 3. The van der Waals surface area contributed by atoms with Crippen molar-refractivity contribution in [1.82, 2.24) is 0 Å². The number of benzene rings is 1. The number of aliphatic hydroxyl groups is 1. The Bertz CT molecular complexity index is 431. The van der Waals surface area contributed by atoms with Gasteiger partial charge in [0, 0.05) is 0 Å². The van der Waals surface area contributed by atoms with E-state index < -0.39 is 17.3 Å². The smallest absolute Gasteiger partial charge is 0.385 e. The molecule has 0 heterocycles. The third kappa shape index (κ3) is 2.94. The minimum Gasteiger partial charge on any atom is -0.385 e. The van der Waals surface area contributed by atoms with Gasteiger partial charge in [0.1, 0.15) is 0 Å². The first-order valence-electron chi connectivity index (χ1n) is 6.76. The number of rotatable bonds is 2. The van der Waals surface area contributed by atoms with Crippen LogP contribution in [0.4, 0.5) is 13.2 Å². The molecule has 0 amide bonds. The van der Waals surface area contributed by atoms with E-state index >= 15 is 0 Å². The average Bonchev–Trinajstić information content (AvgIpc) is 2.39. The molecule has 1 aromatic carbocycles. The SMILES string of the molecule is CCC1CCC(O)(c2ccccc2C(F)(F)F)CC1. The maximum Gasteiger partial charge on any atom is 0.416 e. The van der Waals surface area contributed by atoms with Crippen LogP contribution in [0.2, 0.25) is 0 Å². The molecule has 1 nitrogen and oxygen atoms in total. The summed E-state index contributed by atoms with van der Waals surface area (Å²) in [6.45, 7) is 2.08. The minimum absolute atomic E-state index is 0.0389. The van der Waals surface area contributed by atoms with Crippen LogP contribution in [0.1, 0.15) is 50.2 Å². The molecular formula is C15H19F3O. The van der Waals surface area contributed by atoms with Crippen LogP contribution < -0.4 is 0 Å². The van der Waals surface area contributed by atoms with E-state index in [1.54, 1.807) is 6.07 Å². The van der Waals surface area contributed by atoms with Crippen molar-refractivity contribution < 1.29 is 18.3 Å². The summed E-state index contributed by atoms with van der Waals surface area (Å²) in [5.74, 6) is 0.526. The van der Waals surface area contributed by atoms with Crippen molar-refractivity contribution in [2.24, 2.45) is 5.92 Å². The fraction of sp³-hybridized carbons (Fsp3) is 0.600. The molecule has 0 aliphatic heterocycles. The van der Waals surface area contributed by atoms with E-state index in [2.05, 4.69) is 6.92 Å². The van der Waals surface area contributed by atoms with E-state index in [0.717, 1.165) is 25.3 Å². The highest BCUT2D eigenvalue weighted by Crippen LogP contribution is 2.44. The summed E-state index contributed by atoms with van der Waals surface area (Å²) in [4.78, 5) is 0. The van der Waals surface area contributed by atoms with Crippen LogP contribution in [0, 0.1) is 5.92 Å². The van der Waals surface area contributed by atoms with Gasteiger partial charge in [0.25, 0.3) is 0 Å². The van der Waals surface area contributed by atoms with Gasteiger partial charge in [-0.2, -0.15) is 13.2 Å². The molecule has 19 heavy (non-hydrogen) atoms. The lowest BCUT2D eigenvalue weighted by molar-refractivity contribution is -0.141. The molecular weight excluding hydrogens is 253 g/mol. The van der Waals surface area contributed by atoms with E-state index in [1.807, 2.05) is 0 Å². The molecule has 1 fully saturated rings. The zero-order valence-electron chi connectivity index (χ0n) is 11.0.